The summed E-state index contributed by atoms with van der Waals surface area (Å²) in [6.45, 7) is 0.900. The van der Waals surface area contributed by atoms with Crippen molar-refractivity contribution in [2.75, 3.05) is 6.61 Å². The molecule has 0 N–H and O–H groups in total. The molecule has 0 aliphatic carbocycles. The quantitative estimate of drug-likeness (QED) is 0.572. The molecule has 1 aliphatic rings. The van der Waals surface area contributed by atoms with Crippen LogP contribution >= 0.6 is 15.9 Å². The summed E-state index contributed by atoms with van der Waals surface area (Å²) in [4.78, 5) is 1.89. The van der Waals surface area contributed by atoms with Crippen LogP contribution in [0.1, 0.15) is 25.7 Å². The molecule has 1 saturated heterocycles. The number of halogens is 1. The molecule has 2 heteroatoms. The summed E-state index contributed by atoms with van der Waals surface area (Å²) in [6.07, 6.45) is 4.90. The molecule has 0 radical (unpaired) electrons. The summed E-state index contributed by atoms with van der Waals surface area (Å²) in [5.41, 5.74) is 0. The second-order valence-electron chi connectivity index (χ2n) is 2.23. The molecule has 0 aromatic heterocycles. The zero-order valence-electron chi connectivity index (χ0n) is 5.40. The Balaban J connectivity index is 2.36. The van der Waals surface area contributed by atoms with Crippen LogP contribution in [0, 0.1) is 0 Å². The van der Waals surface area contributed by atoms with E-state index < -0.39 is 0 Å². The largest absolute Gasteiger partial charge is 0.497 e. The van der Waals surface area contributed by atoms with Gasteiger partial charge in [-0.3, -0.25) is 0 Å². The lowest BCUT2D eigenvalue weighted by atomic mass is 10.2. The van der Waals surface area contributed by atoms with Gasteiger partial charge in [-0.2, -0.15) is 0 Å². The Hall–Kier alpha value is 0.0200. The van der Waals surface area contributed by atoms with Crippen molar-refractivity contribution in [1.82, 2.24) is 0 Å². The molecule has 1 heterocycles. The lowest BCUT2D eigenvalue weighted by molar-refractivity contribution is 0.214. The zero-order valence-corrected chi connectivity index (χ0v) is 6.99. The molecule has 1 nitrogen and oxygen atoms in total. The van der Waals surface area contributed by atoms with Crippen LogP contribution in [0.25, 0.3) is 0 Å². The number of rotatable bonds is 0. The van der Waals surface area contributed by atoms with E-state index in [1.54, 1.807) is 0 Å². The third kappa shape index (κ3) is 2.39. The molecule has 0 saturated carbocycles. The van der Waals surface area contributed by atoms with Crippen LogP contribution < -0.4 is 0 Å². The highest BCUT2D eigenvalue weighted by Crippen LogP contribution is 2.16. The van der Waals surface area contributed by atoms with Crippen molar-refractivity contribution in [3.63, 3.8) is 0 Å². The van der Waals surface area contributed by atoms with E-state index in [4.69, 9.17) is 4.74 Å². The summed E-state index contributed by atoms with van der Waals surface area (Å²) < 4.78 is 5.37. The lowest BCUT2D eigenvalue weighted by Gasteiger charge is -2.01. The minimum absolute atomic E-state index is 0.900. The van der Waals surface area contributed by atoms with Gasteiger partial charge in [-0.15, -0.1) is 0 Å². The van der Waals surface area contributed by atoms with Crippen LogP contribution in [-0.2, 0) is 4.74 Å². The SMILES string of the molecule is Br/C=C1/CCCCCO1. The van der Waals surface area contributed by atoms with E-state index in [0.29, 0.717) is 0 Å². The van der Waals surface area contributed by atoms with Crippen LogP contribution in [0.4, 0.5) is 0 Å². The summed E-state index contributed by atoms with van der Waals surface area (Å²) in [6, 6.07) is 0. The zero-order chi connectivity index (χ0) is 6.53. The van der Waals surface area contributed by atoms with Gasteiger partial charge >= 0.3 is 0 Å². The predicted octanol–water partition coefficient (Wildman–Crippen LogP) is 2.81. The van der Waals surface area contributed by atoms with E-state index in [-0.39, 0.29) is 0 Å². The third-order valence-corrected chi connectivity index (χ3v) is 1.99. The van der Waals surface area contributed by atoms with Gasteiger partial charge in [0.25, 0.3) is 0 Å². The summed E-state index contributed by atoms with van der Waals surface area (Å²) >= 11 is 3.26. The van der Waals surface area contributed by atoms with Gasteiger partial charge in [0.2, 0.25) is 0 Å². The van der Waals surface area contributed by atoms with Crippen molar-refractivity contribution in [3.05, 3.63) is 10.7 Å². The highest BCUT2D eigenvalue weighted by atomic mass is 79.9. The Kier molecular flexibility index (Phi) is 3.12. The summed E-state index contributed by atoms with van der Waals surface area (Å²) in [5.74, 6) is 1.10. The first kappa shape index (κ1) is 7.13. The molecule has 9 heavy (non-hydrogen) atoms. The molecule has 1 rings (SSSR count). The van der Waals surface area contributed by atoms with Crippen LogP contribution in [0.2, 0.25) is 0 Å². The van der Waals surface area contributed by atoms with E-state index in [9.17, 15) is 0 Å². The standard InChI is InChI=1S/C7H11BrO/c8-6-7-4-2-1-3-5-9-7/h6H,1-5H2/b7-6-. The number of ether oxygens (including phenoxy) is 1. The maximum atomic E-state index is 5.37. The van der Waals surface area contributed by atoms with E-state index in [1.807, 2.05) is 4.99 Å². The molecule has 0 amide bonds. The maximum absolute atomic E-state index is 5.37. The Morgan fingerprint density at radius 1 is 1.33 bits per heavy atom. The average Bonchev–Trinajstić information content (AvgIpc) is 2.13. The van der Waals surface area contributed by atoms with Crippen molar-refractivity contribution >= 4 is 15.9 Å². The van der Waals surface area contributed by atoms with Gasteiger partial charge in [-0.05, 0) is 19.3 Å². The van der Waals surface area contributed by atoms with E-state index in [2.05, 4.69) is 15.9 Å². The highest BCUT2D eigenvalue weighted by molar-refractivity contribution is 9.11. The second-order valence-corrected chi connectivity index (χ2v) is 2.69. The highest BCUT2D eigenvalue weighted by Gasteiger charge is 2.02. The molecular weight excluding hydrogens is 180 g/mol. The molecule has 0 unspecified atom stereocenters. The van der Waals surface area contributed by atoms with Gasteiger partial charge < -0.3 is 4.74 Å². The van der Waals surface area contributed by atoms with Crippen molar-refractivity contribution in [1.29, 1.82) is 0 Å². The van der Waals surface area contributed by atoms with E-state index in [1.165, 1.54) is 19.3 Å². The fraction of sp³-hybridized carbons (Fsp3) is 0.714. The molecule has 0 aromatic carbocycles. The third-order valence-electron chi connectivity index (χ3n) is 1.48. The second kappa shape index (κ2) is 3.94. The fourth-order valence-electron chi connectivity index (χ4n) is 0.940. The van der Waals surface area contributed by atoms with Gasteiger partial charge in [-0.1, -0.05) is 15.9 Å². The first-order chi connectivity index (χ1) is 4.43. The maximum Gasteiger partial charge on any atom is 0.103 e. The fourth-order valence-corrected chi connectivity index (χ4v) is 1.30. The molecule has 0 atom stereocenters. The van der Waals surface area contributed by atoms with Gasteiger partial charge in [0.15, 0.2) is 0 Å². The minimum Gasteiger partial charge on any atom is -0.497 e. The lowest BCUT2D eigenvalue weighted by Crippen LogP contribution is -1.87. The van der Waals surface area contributed by atoms with Crippen molar-refractivity contribution in [2.45, 2.75) is 25.7 Å². The molecular formula is C7H11BrO. The molecule has 1 aliphatic heterocycles. The normalized spacial score (nSPS) is 25.2. The first-order valence-electron chi connectivity index (χ1n) is 3.35. The van der Waals surface area contributed by atoms with E-state index >= 15 is 0 Å². The van der Waals surface area contributed by atoms with Crippen LogP contribution in [0.15, 0.2) is 10.7 Å². The van der Waals surface area contributed by atoms with Crippen LogP contribution in [0.3, 0.4) is 0 Å². The van der Waals surface area contributed by atoms with Gasteiger partial charge in [-0.25, -0.2) is 0 Å². The summed E-state index contributed by atoms with van der Waals surface area (Å²) in [5, 5.41) is 0. The molecule has 0 spiro atoms. The Morgan fingerprint density at radius 3 is 3.00 bits per heavy atom. The molecule has 0 bridgehead atoms. The average molecular weight is 191 g/mol. The van der Waals surface area contributed by atoms with Crippen molar-refractivity contribution in [2.24, 2.45) is 0 Å². The summed E-state index contributed by atoms with van der Waals surface area (Å²) in [7, 11) is 0. The number of hydrogen-bond acceptors (Lipinski definition) is 1. The van der Waals surface area contributed by atoms with Crippen LogP contribution in [-0.4, -0.2) is 6.61 Å². The number of allylic oxidation sites excluding steroid dienone is 1. The van der Waals surface area contributed by atoms with Gasteiger partial charge in [0.1, 0.15) is 5.76 Å². The molecule has 0 aromatic rings. The monoisotopic (exact) mass is 190 g/mol. The Morgan fingerprint density at radius 2 is 2.22 bits per heavy atom. The molecule has 52 valence electrons. The van der Waals surface area contributed by atoms with Crippen molar-refractivity contribution in [3.8, 4) is 0 Å². The minimum atomic E-state index is 0.900. The Labute approximate surface area is 64.2 Å². The van der Waals surface area contributed by atoms with Crippen LogP contribution in [0.5, 0.6) is 0 Å². The van der Waals surface area contributed by atoms with E-state index in [0.717, 1.165) is 18.8 Å². The predicted molar refractivity (Wildman–Crippen MR) is 41.4 cm³/mol. The molecule has 1 fully saturated rings. The van der Waals surface area contributed by atoms with Crippen molar-refractivity contribution < 1.29 is 4.74 Å². The van der Waals surface area contributed by atoms with Gasteiger partial charge in [0.05, 0.1) is 6.61 Å². The Bertz CT molecular complexity index is 99.5. The first-order valence-corrected chi connectivity index (χ1v) is 4.27. The topological polar surface area (TPSA) is 9.23 Å². The smallest absolute Gasteiger partial charge is 0.103 e. The van der Waals surface area contributed by atoms with Gasteiger partial charge in [0, 0.05) is 11.4 Å². The number of hydrogen-bond donors (Lipinski definition) is 0.